The van der Waals surface area contributed by atoms with Crippen molar-refractivity contribution in [3.05, 3.63) is 35.4 Å². The minimum absolute atomic E-state index is 0.185. The Balaban J connectivity index is 1.89. The average Bonchev–Trinajstić information content (AvgIpc) is 2.28. The zero-order chi connectivity index (χ0) is 13.8. The van der Waals surface area contributed by atoms with Crippen molar-refractivity contribution >= 4 is 5.91 Å². The van der Waals surface area contributed by atoms with Crippen LogP contribution in [0.3, 0.4) is 0 Å². The summed E-state index contributed by atoms with van der Waals surface area (Å²) in [5.74, 6) is 1.12. The molecular weight excluding hydrogens is 236 g/mol. The summed E-state index contributed by atoms with van der Waals surface area (Å²) in [5, 5.41) is 3.14. The van der Waals surface area contributed by atoms with Crippen LogP contribution in [-0.2, 0) is 17.8 Å². The lowest BCUT2D eigenvalue weighted by molar-refractivity contribution is -0.136. The number of hydrogen-bond donors (Lipinski definition) is 1. The Morgan fingerprint density at radius 2 is 1.84 bits per heavy atom. The quantitative estimate of drug-likeness (QED) is 0.879. The first kappa shape index (κ1) is 14.1. The van der Waals surface area contributed by atoms with E-state index >= 15 is 0 Å². The summed E-state index contributed by atoms with van der Waals surface area (Å²) < 4.78 is 0. The van der Waals surface area contributed by atoms with E-state index in [1.165, 1.54) is 11.1 Å². The van der Waals surface area contributed by atoms with Gasteiger partial charge < -0.3 is 10.2 Å². The van der Waals surface area contributed by atoms with Crippen molar-refractivity contribution < 1.29 is 4.79 Å². The van der Waals surface area contributed by atoms with E-state index in [9.17, 15) is 4.79 Å². The lowest BCUT2D eigenvalue weighted by Crippen LogP contribution is -2.50. The van der Waals surface area contributed by atoms with Gasteiger partial charge in [-0.15, -0.1) is 0 Å². The maximum Gasteiger partial charge on any atom is 0.228 e. The Morgan fingerprint density at radius 3 is 2.32 bits per heavy atom. The lowest BCUT2D eigenvalue weighted by atomic mass is 10.0. The lowest BCUT2D eigenvalue weighted by Gasteiger charge is -2.30. The van der Waals surface area contributed by atoms with Crippen LogP contribution in [-0.4, -0.2) is 30.9 Å². The van der Waals surface area contributed by atoms with E-state index in [0.717, 1.165) is 19.5 Å². The molecule has 0 saturated carbocycles. The fraction of sp³-hybridized carbons (Fsp3) is 0.562. The van der Waals surface area contributed by atoms with E-state index in [4.69, 9.17) is 0 Å². The van der Waals surface area contributed by atoms with Gasteiger partial charge in [-0.05, 0) is 23.5 Å². The van der Waals surface area contributed by atoms with Crippen LogP contribution in [0.4, 0.5) is 0 Å². The molecule has 3 heteroatoms. The van der Waals surface area contributed by atoms with Crippen LogP contribution in [0.25, 0.3) is 0 Å². The van der Waals surface area contributed by atoms with Gasteiger partial charge in [0, 0.05) is 26.7 Å². The maximum absolute atomic E-state index is 12.0. The van der Waals surface area contributed by atoms with Gasteiger partial charge in [-0.2, -0.15) is 0 Å². The molecule has 1 amide bonds. The zero-order valence-electron chi connectivity index (χ0n) is 12.1. The van der Waals surface area contributed by atoms with Gasteiger partial charge in [-0.3, -0.25) is 4.79 Å². The molecule has 0 bridgehead atoms. The molecule has 104 valence electrons. The summed E-state index contributed by atoms with van der Waals surface area (Å²) in [6, 6.07) is 8.64. The largest absolute Gasteiger partial charge is 0.341 e. The van der Waals surface area contributed by atoms with E-state index in [0.29, 0.717) is 12.5 Å². The number of rotatable bonds is 5. The molecule has 2 rings (SSSR count). The highest BCUT2D eigenvalue weighted by atomic mass is 16.2. The molecule has 1 N–H and O–H groups in total. The smallest absolute Gasteiger partial charge is 0.228 e. The van der Waals surface area contributed by atoms with Crippen molar-refractivity contribution in [3.63, 3.8) is 0 Å². The van der Waals surface area contributed by atoms with Crippen LogP contribution in [0.15, 0.2) is 24.3 Å². The molecule has 0 aromatic heterocycles. The van der Waals surface area contributed by atoms with Crippen molar-refractivity contribution in [1.82, 2.24) is 10.2 Å². The topological polar surface area (TPSA) is 32.3 Å². The molecule has 1 saturated heterocycles. The number of nitrogens with one attached hydrogen (secondary N) is 1. The van der Waals surface area contributed by atoms with Gasteiger partial charge in [0.05, 0.1) is 5.92 Å². The summed E-state index contributed by atoms with van der Waals surface area (Å²) in [7, 11) is 1.89. The number of benzene rings is 1. The third-order valence-corrected chi connectivity index (χ3v) is 3.59. The van der Waals surface area contributed by atoms with Gasteiger partial charge in [0.25, 0.3) is 0 Å². The normalized spacial score (nSPS) is 15.4. The highest BCUT2D eigenvalue weighted by Gasteiger charge is 2.27. The summed E-state index contributed by atoms with van der Waals surface area (Å²) in [6.07, 6.45) is 1.11. The predicted octanol–water partition coefficient (Wildman–Crippen LogP) is 2.06. The number of carbonyl (C=O) groups is 1. The van der Waals surface area contributed by atoms with Gasteiger partial charge in [-0.1, -0.05) is 38.1 Å². The minimum atomic E-state index is 0.185. The van der Waals surface area contributed by atoms with E-state index in [1.54, 1.807) is 0 Å². The fourth-order valence-corrected chi connectivity index (χ4v) is 2.38. The number of hydrogen-bond acceptors (Lipinski definition) is 2. The Bertz CT molecular complexity index is 421. The molecule has 0 spiro atoms. The second kappa shape index (κ2) is 6.20. The molecule has 19 heavy (non-hydrogen) atoms. The molecular formula is C16H24N2O. The first-order valence-electron chi connectivity index (χ1n) is 7.09. The molecule has 1 aliphatic rings. The Morgan fingerprint density at radius 1 is 1.26 bits per heavy atom. The van der Waals surface area contributed by atoms with E-state index in [1.807, 2.05) is 11.9 Å². The molecule has 0 atom stereocenters. The monoisotopic (exact) mass is 260 g/mol. The SMILES string of the molecule is CC(C)Cc1ccc(CN(C)C(=O)C2CNC2)cc1. The van der Waals surface area contributed by atoms with Crippen molar-refractivity contribution in [1.29, 1.82) is 0 Å². The summed E-state index contributed by atoms with van der Waals surface area (Å²) in [5.41, 5.74) is 2.58. The third-order valence-electron chi connectivity index (χ3n) is 3.59. The molecule has 0 unspecified atom stereocenters. The summed E-state index contributed by atoms with van der Waals surface area (Å²) in [4.78, 5) is 13.9. The van der Waals surface area contributed by atoms with Crippen LogP contribution in [0, 0.1) is 11.8 Å². The van der Waals surface area contributed by atoms with Crippen LogP contribution in [0.5, 0.6) is 0 Å². The van der Waals surface area contributed by atoms with Crippen LogP contribution < -0.4 is 5.32 Å². The maximum atomic E-state index is 12.0. The Kier molecular flexibility index (Phi) is 4.59. The second-order valence-electron chi connectivity index (χ2n) is 5.96. The summed E-state index contributed by atoms with van der Waals surface area (Å²) >= 11 is 0. The minimum Gasteiger partial charge on any atom is -0.341 e. The van der Waals surface area contributed by atoms with Gasteiger partial charge in [0.1, 0.15) is 0 Å². The van der Waals surface area contributed by atoms with Crippen molar-refractivity contribution in [2.24, 2.45) is 11.8 Å². The fourth-order valence-electron chi connectivity index (χ4n) is 2.38. The van der Waals surface area contributed by atoms with Crippen molar-refractivity contribution in [3.8, 4) is 0 Å². The Hall–Kier alpha value is -1.35. The first-order chi connectivity index (χ1) is 9.06. The highest BCUT2D eigenvalue weighted by molar-refractivity contribution is 5.79. The van der Waals surface area contributed by atoms with Gasteiger partial charge in [0.2, 0.25) is 5.91 Å². The number of amides is 1. The van der Waals surface area contributed by atoms with Crippen LogP contribution in [0.1, 0.15) is 25.0 Å². The van der Waals surface area contributed by atoms with E-state index in [2.05, 4.69) is 43.4 Å². The average molecular weight is 260 g/mol. The molecule has 1 heterocycles. The number of nitrogens with zero attached hydrogens (tertiary/aromatic N) is 1. The molecule has 1 aromatic carbocycles. The molecule has 1 aromatic rings. The molecule has 0 radical (unpaired) electrons. The van der Waals surface area contributed by atoms with Crippen LogP contribution >= 0.6 is 0 Å². The zero-order valence-corrected chi connectivity index (χ0v) is 12.1. The first-order valence-corrected chi connectivity index (χ1v) is 7.09. The van der Waals surface area contributed by atoms with E-state index < -0.39 is 0 Å². The molecule has 3 nitrogen and oxygen atoms in total. The Labute approximate surface area is 116 Å². The van der Waals surface area contributed by atoms with E-state index in [-0.39, 0.29) is 11.8 Å². The predicted molar refractivity (Wildman–Crippen MR) is 77.8 cm³/mol. The summed E-state index contributed by atoms with van der Waals surface area (Å²) in [6.45, 7) is 6.82. The highest BCUT2D eigenvalue weighted by Crippen LogP contribution is 2.13. The van der Waals surface area contributed by atoms with Crippen molar-refractivity contribution in [2.75, 3.05) is 20.1 Å². The van der Waals surface area contributed by atoms with Crippen molar-refractivity contribution in [2.45, 2.75) is 26.8 Å². The standard InChI is InChI=1S/C16H24N2O/c1-12(2)8-13-4-6-14(7-5-13)11-18(3)16(19)15-9-17-10-15/h4-7,12,15,17H,8-11H2,1-3H3. The van der Waals surface area contributed by atoms with Gasteiger partial charge in [0.15, 0.2) is 0 Å². The number of carbonyl (C=O) groups excluding carboxylic acids is 1. The molecule has 0 aliphatic carbocycles. The van der Waals surface area contributed by atoms with Gasteiger partial charge >= 0.3 is 0 Å². The van der Waals surface area contributed by atoms with Gasteiger partial charge in [-0.25, -0.2) is 0 Å². The molecule has 1 fully saturated rings. The van der Waals surface area contributed by atoms with Crippen LogP contribution in [0.2, 0.25) is 0 Å². The second-order valence-corrected chi connectivity index (χ2v) is 5.96. The third kappa shape index (κ3) is 3.80. The molecule has 1 aliphatic heterocycles.